The average molecular weight is 414 g/mol. The van der Waals surface area contributed by atoms with Crippen LogP contribution in [0.3, 0.4) is 0 Å². The lowest BCUT2D eigenvalue weighted by molar-refractivity contribution is -0.137. The predicted molar refractivity (Wildman–Crippen MR) is 102 cm³/mol. The first-order chi connectivity index (χ1) is 13.0. The molecule has 0 aromatic heterocycles. The zero-order valence-corrected chi connectivity index (χ0v) is 16.0. The van der Waals surface area contributed by atoms with Gasteiger partial charge in [0, 0.05) is 11.4 Å². The maximum absolute atomic E-state index is 12.9. The van der Waals surface area contributed by atoms with Crippen LogP contribution in [-0.4, -0.2) is 36.9 Å². The van der Waals surface area contributed by atoms with Crippen molar-refractivity contribution in [3.8, 4) is 0 Å². The number of benzene rings is 2. The topological polar surface area (TPSA) is 61.4 Å². The third kappa shape index (κ3) is 6.54. The van der Waals surface area contributed by atoms with Gasteiger partial charge >= 0.3 is 6.18 Å². The van der Waals surface area contributed by atoms with Crippen molar-refractivity contribution in [2.75, 3.05) is 30.8 Å². The summed E-state index contributed by atoms with van der Waals surface area (Å²) in [4.78, 5) is 25.5. The van der Waals surface area contributed by atoms with Crippen molar-refractivity contribution in [2.45, 2.75) is 13.1 Å². The number of carbonyl (C=O) groups excluding carboxylic acids is 2. The van der Waals surface area contributed by atoms with E-state index in [1.54, 1.807) is 13.1 Å². The second-order valence-corrected chi connectivity index (χ2v) is 6.74. The third-order valence-corrected chi connectivity index (χ3v) is 4.01. The molecule has 5 nitrogen and oxygen atoms in total. The number of hydrogen-bond donors (Lipinski definition) is 2. The van der Waals surface area contributed by atoms with Crippen LogP contribution in [0.1, 0.15) is 11.1 Å². The zero-order valence-electron chi connectivity index (χ0n) is 15.2. The van der Waals surface area contributed by atoms with Crippen LogP contribution >= 0.6 is 11.6 Å². The summed E-state index contributed by atoms with van der Waals surface area (Å²) in [5.74, 6) is -0.868. The van der Waals surface area contributed by atoms with E-state index in [2.05, 4.69) is 10.6 Å². The fraction of sp³-hybridized carbons (Fsp3) is 0.263. The highest BCUT2D eigenvalue weighted by Gasteiger charge is 2.33. The maximum Gasteiger partial charge on any atom is 0.417 e. The van der Waals surface area contributed by atoms with E-state index < -0.39 is 22.7 Å². The molecule has 0 aliphatic rings. The highest BCUT2D eigenvalue weighted by atomic mass is 35.5. The highest BCUT2D eigenvalue weighted by molar-refractivity contribution is 6.31. The van der Waals surface area contributed by atoms with E-state index in [1.165, 1.54) is 11.0 Å². The van der Waals surface area contributed by atoms with Crippen LogP contribution in [-0.2, 0) is 15.8 Å². The van der Waals surface area contributed by atoms with Crippen molar-refractivity contribution in [2.24, 2.45) is 0 Å². The van der Waals surface area contributed by atoms with Gasteiger partial charge in [0.2, 0.25) is 11.8 Å². The largest absolute Gasteiger partial charge is 0.417 e. The van der Waals surface area contributed by atoms with Crippen LogP contribution in [0.25, 0.3) is 0 Å². The van der Waals surface area contributed by atoms with E-state index in [4.69, 9.17) is 11.6 Å². The predicted octanol–water partition coefficient (Wildman–Crippen LogP) is 4.18. The summed E-state index contributed by atoms with van der Waals surface area (Å²) >= 11 is 5.55. The monoisotopic (exact) mass is 413 g/mol. The summed E-state index contributed by atoms with van der Waals surface area (Å²) < 4.78 is 38.6. The van der Waals surface area contributed by atoms with Crippen LogP contribution in [0.4, 0.5) is 24.5 Å². The Hall–Kier alpha value is -2.58. The SMILES string of the molecule is Cc1cccc(NC(=O)CN(C)CC(=O)Nc2ccc(Cl)c(C(F)(F)F)c2)c1. The van der Waals surface area contributed by atoms with Crippen LogP contribution in [0.2, 0.25) is 5.02 Å². The smallest absolute Gasteiger partial charge is 0.325 e. The van der Waals surface area contributed by atoms with E-state index in [0.717, 1.165) is 17.7 Å². The van der Waals surface area contributed by atoms with Gasteiger partial charge in [-0.05, 0) is 49.9 Å². The van der Waals surface area contributed by atoms with Gasteiger partial charge in [0.25, 0.3) is 0 Å². The molecule has 28 heavy (non-hydrogen) atoms. The first-order valence-electron chi connectivity index (χ1n) is 8.26. The number of likely N-dealkylation sites (N-methyl/N-ethyl adjacent to an activating group) is 1. The molecule has 0 aliphatic heterocycles. The first kappa shape index (κ1) is 21.7. The van der Waals surface area contributed by atoms with Gasteiger partial charge in [-0.1, -0.05) is 23.7 Å². The molecule has 0 unspecified atom stereocenters. The molecule has 2 amide bonds. The molecule has 2 aromatic carbocycles. The van der Waals surface area contributed by atoms with E-state index in [0.29, 0.717) is 5.69 Å². The lowest BCUT2D eigenvalue weighted by atomic mass is 10.2. The number of rotatable bonds is 6. The first-order valence-corrected chi connectivity index (χ1v) is 8.64. The van der Waals surface area contributed by atoms with Crippen LogP contribution in [0.5, 0.6) is 0 Å². The van der Waals surface area contributed by atoms with Gasteiger partial charge in [0.15, 0.2) is 0 Å². The van der Waals surface area contributed by atoms with Gasteiger partial charge in [0.05, 0.1) is 23.7 Å². The number of nitrogens with one attached hydrogen (secondary N) is 2. The quantitative estimate of drug-likeness (QED) is 0.747. The van der Waals surface area contributed by atoms with Crippen molar-refractivity contribution in [3.05, 3.63) is 58.6 Å². The van der Waals surface area contributed by atoms with E-state index in [1.807, 2.05) is 25.1 Å². The molecular formula is C19H19ClF3N3O2. The number of carbonyl (C=O) groups is 2. The molecule has 2 rings (SSSR count). The summed E-state index contributed by atoms with van der Waals surface area (Å²) in [7, 11) is 1.55. The minimum Gasteiger partial charge on any atom is -0.325 e. The molecule has 0 fully saturated rings. The summed E-state index contributed by atoms with van der Waals surface area (Å²) in [6, 6.07) is 10.4. The Kier molecular flexibility index (Phi) is 7.04. The molecule has 2 N–H and O–H groups in total. The fourth-order valence-corrected chi connectivity index (χ4v) is 2.72. The van der Waals surface area contributed by atoms with E-state index in [-0.39, 0.29) is 24.7 Å². The van der Waals surface area contributed by atoms with Crippen LogP contribution < -0.4 is 10.6 Å². The van der Waals surface area contributed by atoms with Gasteiger partial charge in [0.1, 0.15) is 0 Å². The van der Waals surface area contributed by atoms with Crippen molar-refractivity contribution in [1.82, 2.24) is 4.90 Å². The molecule has 0 saturated heterocycles. The van der Waals surface area contributed by atoms with E-state index >= 15 is 0 Å². The van der Waals surface area contributed by atoms with Crippen molar-refractivity contribution >= 4 is 34.8 Å². The molecule has 2 aromatic rings. The zero-order chi connectivity index (χ0) is 20.9. The Morgan fingerprint density at radius 1 is 1.00 bits per heavy atom. The number of hydrogen-bond acceptors (Lipinski definition) is 3. The summed E-state index contributed by atoms with van der Waals surface area (Å²) in [6.45, 7) is 1.66. The van der Waals surface area contributed by atoms with Crippen molar-refractivity contribution in [3.63, 3.8) is 0 Å². The molecule has 0 bridgehead atoms. The normalized spacial score (nSPS) is 11.4. The Bertz CT molecular complexity index is 872. The molecule has 0 heterocycles. The number of aryl methyl sites for hydroxylation is 1. The van der Waals surface area contributed by atoms with Gasteiger partial charge in [-0.3, -0.25) is 14.5 Å². The van der Waals surface area contributed by atoms with Gasteiger partial charge < -0.3 is 10.6 Å². The van der Waals surface area contributed by atoms with E-state index in [9.17, 15) is 22.8 Å². The molecule has 9 heteroatoms. The molecule has 0 atom stereocenters. The number of anilines is 2. The summed E-state index contributed by atoms with van der Waals surface area (Å²) in [6.07, 6.45) is -4.62. The minimum absolute atomic E-state index is 0.0284. The summed E-state index contributed by atoms with van der Waals surface area (Å²) in [5.41, 5.74) is 0.576. The summed E-state index contributed by atoms with van der Waals surface area (Å²) in [5, 5.41) is 4.64. The molecule has 150 valence electrons. The standard InChI is InChI=1S/C19H19ClF3N3O2/c1-12-4-3-5-13(8-12)24-17(27)10-26(2)11-18(28)25-14-6-7-16(20)15(9-14)19(21,22)23/h3-9H,10-11H2,1-2H3,(H,24,27)(H,25,28). The fourth-order valence-electron chi connectivity index (χ4n) is 2.49. The molecule has 0 spiro atoms. The van der Waals surface area contributed by atoms with Crippen LogP contribution in [0, 0.1) is 6.92 Å². The molecule has 0 aliphatic carbocycles. The lowest BCUT2D eigenvalue weighted by Gasteiger charge is -2.17. The maximum atomic E-state index is 12.9. The molecular weight excluding hydrogens is 395 g/mol. The minimum atomic E-state index is -4.62. The second kappa shape index (κ2) is 9.07. The average Bonchev–Trinajstić information content (AvgIpc) is 2.55. The molecule has 0 saturated carbocycles. The Morgan fingerprint density at radius 3 is 2.11 bits per heavy atom. The Labute approximate surface area is 165 Å². The van der Waals surface area contributed by atoms with Crippen LogP contribution in [0.15, 0.2) is 42.5 Å². The van der Waals surface area contributed by atoms with Gasteiger partial charge in [-0.25, -0.2) is 0 Å². The van der Waals surface area contributed by atoms with Crippen molar-refractivity contribution in [1.29, 1.82) is 0 Å². The number of halogens is 4. The van der Waals surface area contributed by atoms with Crippen molar-refractivity contribution < 1.29 is 22.8 Å². The number of alkyl halides is 3. The highest BCUT2D eigenvalue weighted by Crippen LogP contribution is 2.36. The number of nitrogens with zero attached hydrogens (tertiary/aromatic N) is 1. The van der Waals surface area contributed by atoms with Gasteiger partial charge in [-0.2, -0.15) is 13.2 Å². The lowest BCUT2D eigenvalue weighted by Crippen LogP contribution is -2.36. The Morgan fingerprint density at radius 2 is 1.57 bits per heavy atom. The third-order valence-electron chi connectivity index (χ3n) is 3.68. The number of amides is 2. The van der Waals surface area contributed by atoms with Gasteiger partial charge in [-0.15, -0.1) is 0 Å². The Balaban J connectivity index is 1.89. The second-order valence-electron chi connectivity index (χ2n) is 6.33. The molecule has 0 radical (unpaired) electrons.